The number of piperazine rings is 1. The fraction of sp³-hybridized carbons (Fsp3) is 0.600. The van der Waals surface area contributed by atoms with Gasteiger partial charge >= 0.3 is 0 Å². The maximum absolute atomic E-state index is 3.53. The Morgan fingerprint density at radius 2 is 2.17 bits per heavy atom. The summed E-state index contributed by atoms with van der Waals surface area (Å²) in [5.41, 5.74) is 4.29. The van der Waals surface area contributed by atoms with Crippen LogP contribution in [-0.2, 0) is 0 Å². The van der Waals surface area contributed by atoms with Crippen LogP contribution in [-0.4, -0.2) is 38.3 Å². The van der Waals surface area contributed by atoms with Crippen LogP contribution >= 0.6 is 0 Å². The van der Waals surface area contributed by atoms with Crippen LogP contribution < -0.4 is 15.1 Å². The number of hydrogen-bond acceptors (Lipinski definition) is 3. The van der Waals surface area contributed by atoms with Crippen molar-refractivity contribution in [2.45, 2.75) is 32.9 Å². The molecule has 2 aliphatic rings. The summed E-state index contributed by atoms with van der Waals surface area (Å²) in [5, 5.41) is 3.53. The van der Waals surface area contributed by atoms with Gasteiger partial charge in [0.25, 0.3) is 0 Å². The normalized spacial score (nSPS) is 23.0. The molecule has 3 rings (SSSR count). The van der Waals surface area contributed by atoms with Crippen molar-refractivity contribution in [1.82, 2.24) is 5.32 Å². The van der Waals surface area contributed by atoms with E-state index in [1.807, 2.05) is 0 Å². The number of para-hydroxylation sites is 1. The summed E-state index contributed by atoms with van der Waals surface area (Å²) in [6.07, 6.45) is 0. The Balaban J connectivity index is 2.09. The van der Waals surface area contributed by atoms with Gasteiger partial charge in [0, 0.05) is 32.2 Å². The lowest BCUT2D eigenvalue weighted by Gasteiger charge is -2.49. The minimum absolute atomic E-state index is 0.564. The molecule has 1 saturated heterocycles. The summed E-state index contributed by atoms with van der Waals surface area (Å²) < 4.78 is 0. The fourth-order valence-electron chi connectivity index (χ4n) is 3.28. The number of rotatable bonds is 1. The Morgan fingerprint density at radius 1 is 1.33 bits per heavy atom. The summed E-state index contributed by atoms with van der Waals surface area (Å²) in [6.45, 7) is 11.3. The van der Waals surface area contributed by atoms with Crippen LogP contribution in [0.1, 0.15) is 19.4 Å². The first-order valence-corrected chi connectivity index (χ1v) is 7.02. The quantitative estimate of drug-likeness (QED) is 0.816. The van der Waals surface area contributed by atoms with Gasteiger partial charge in [0.2, 0.25) is 0 Å². The molecule has 98 valence electrons. The number of fused-ring (bicyclic) bond motifs is 3. The maximum atomic E-state index is 3.53. The second kappa shape index (κ2) is 4.47. The highest BCUT2D eigenvalue weighted by atomic mass is 15.3. The first-order chi connectivity index (χ1) is 8.68. The zero-order valence-corrected chi connectivity index (χ0v) is 11.6. The molecular formula is C15H23N3. The third kappa shape index (κ3) is 1.77. The second-order valence-corrected chi connectivity index (χ2v) is 5.74. The van der Waals surface area contributed by atoms with Crippen LogP contribution in [0.4, 0.5) is 11.4 Å². The third-order valence-electron chi connectivity index (χ3n) is 4.19. The van der Waals surface area contributed by atoms with E-state index >= 15 is 0 Å². The van der Waals surface area contributed by atoms with Crippen LogP contribution in [0.25, 0.3) is 0 Å². The highest BCUT2D eigenvalue weighted by molar-refractivity contribution is 5.77. The predicted molar refractivity (Wildman–Crippen MR) is 77.7 cm³/mol. The van der Waals surface area contributed by atoms with Gasteiger partial charge < -0.3 is 15.1 Å². The Kier molecular flexibility index (Phi) is 2.94. The molecule has 1 unspecified atom stereocenters. The van der Waals surface area contributed by atoms with Gasteiger partial charge in [0.1, 0.15) is 0 Å². The minimum atomic E-state index is 0.564. The monoisotopic (exact) mass is 245 g/mol. The predicted octanol–water partition coefficient (Wildman–Crippen LogP) is 2.00. The molecule has 0 amide bonds. The highest BCUT2D eigenvalue weighted by Gasteiger charge is 2.33. The fourth-order valence-corrected chi connectivity index (χ4v) is 3.28. The number of hydrogen-bond donors (Lipinski definition) is 1. The van der Waals surface area contributed by atoms with E-state index in [1.165, 1.54) is 16.9 Å². The summed E-state index contributed by atoms with van der Waals surface area (Å²) in [6, 6.07) is 7.89. The molecule has 1 atom stereocenters. The first-order valence-electron chi connectivity index (χ1n) is 7.02. The number of nitrogens with one attached hydrogen (secondary N) is 1. The molecule has 2 heterocycles. The van der Waals surface area contributed by atoms with Crippen molar-refractivity contribution in [2.75, 3.05) is 36.0 Å². The zero-order valence-electron chi connectivity index (χ0n) is 11.6. The van der Waals surface area contributed by atoms with Crippen molar-refractivity contribution >= 4 is 11.4 Å². The van der Waals surface area contributed by atoms with Crippen molar-refractivity contribution in [3.8, 4) is 0 Å². The number of benzene rings is 1. The zero-order chi connectivity index (χ0) is 12.7. The topological polar surface area (TPSA) is 18.5 Å². The van der Waals surface area contributed by atoms with Crippen molar-refractivity contribution in [1.29, 1.82) is 0 Å². The number of nitrogens with zero attached hydrogens (tertiary/aromatic N) is 2. The van der Waals surface area contributed by atoms with E-state index in [-0.39, 0.29) is 0 Å². The molecule has 0 saturated carbocycles. The van der Waals surface area contributed by atoms with Crippen molar-refractivity contribution in [2.24, 2.45) is 0 Å². The van der Waals surface area contributed by atoms with Gasteiger partial charge in [-0.15, -0.1) is 0 Å². The lowest BCUT2D eigenvalue weighted by atomic mass is 10.0. The number of anilines is 2. The maximum Gasteiger partial charge on any atom is 0.0637 e. The Bertz CT molecular complexity index is 441. The van der Waals surface area contributed by atoms with E-state index < -0.39 is 0 Å². The average Bonchev–Trinajstić information content (AvgIpc) is 2.37. The van der Waals surface area contributed by atoms with Crippen LogP contribution in [0.5, 0.6) is 0 Å². The van der Waals surface area contributed by atoms with Crippen LogP contribution in [0.2, 0.25) is 0 Å². The van der Waals surface area contributed by atoms with Crippen molar-refractivity contribution in [3.05, 3.63) is 23.8 Å². The largest absolute Gasteiger partial charge is 0.365 e. The molecule has 1 N–H and O–H groups in total. The van der Waals surface area contributed by atoms with E-state index in [1.54, 1.807) is 0 Å². The molecule has 1 aromatic rings. The Hall–Kier alpha value is -1.22. The van der Waals surface area contributed by atoms with Gasteiger partial charge in [-0.1, -0.05) is 12.1 Å². The second-order valence-electron chi connectivity index (χ2n) is 5.74. The van der Waals surface area contributed by atoms with Gasteiger partial charge in [-0.05, 0) is 32.4 Å². The third-order valence-corrected chi connectivity index (χ3v) is 4.19. The van der Waals surface area contributed by atoms with Gasteiger partial charge in [0.05, 0.1) is 17.4 Å². The molecule has 18 heavy (non-hydrogen) atoms. The molecular weight excluding hydrogens is 222 g/mol. The molecule has 0 spiro atoms. The molecule has 0 radical (unpaired) electrons. The molecule has 1 aromatic carbocycles. The van der Waals surface area contributed by atoms with E-state index in [9.17, 15) is 0 Å². The van der Waals surface area contributed by atoms with Crippen molar-refractivity contribution in [3.63, 3.8) is 0 Å². The Morgan fingerprint density at radius 3 is 2.94 bits per heavy atom. The molecule has 3 heteroatoms. The SMILES string of the molecule is Cc1cccc2c1N1CCNCC1CN2C(C)C. The van der Waals surface area contributed by atoms with E-state index in [4.69, 9.17) is 0 Å². The summed E-state index contributed by atoms with van der Waals surface area (Å²) in [5.74, 6) is 0. The summed E-state index contributed by atoms with van der Waals surface area (Å²) in [7, 11) is 0. The van der Waals surface area contributed by atoms with Crippen LogP contribution in [0, 0.1) is 6.92 Å². The molecule has 3 nitrogen and oxygen atoms in total. The van der Waals surface area contributed by atoms with Gasteiger partial charge in [0.15, 0.2) is 0 Å². The van der Waals surface area contributed by atoms with Gasteiger partial charge in [-0.2, -0.15) is 0 Å². The van der Waals surface area contributed by atoms with Gasteiger partial charge in [-0.3, -0.25) is 0 Å². The van der Waals surface area contributed by atoms with Crippen molar-refractivity contribution < 1.29 is 0 Å². The van der Waals surface area contributed by atoms with Crippen LogP contribution in [0.15, 0.2) is 18.2 Å². The van der Waals surface area contributed by atoms with E-state index in [0.717, 1.165) is 26.2 Å². The standard InChI is InChI=1S/C15H23N3/c1-11(2)18-10-13-9-16-7-8-17(13)15-12(3)5-4-6-14(15)18/h4-6,11,13,16H,7-10H2,1-3H3. The smallest absolute Gasteiger partial charge is 0.0637 e. The average molecular weight is 245 g/mol. The minimum Gasteiger partial charge on any atom is -0.365 e. The van der Waals surface area contributed by atoms with E-state index in [2.05, 4.69) is 54.1 Å². The highest BCUT2D eigenvalue weighted by Crippen LogP contribution is 2.39. The van der Waals surface area contributed by atoms with Crippen LogP contribution in [0.3, 0.4) is 0 Å². The van der Waals surface area contributed by atoms with E-state index in [0.29, 0.717) is 12.1 Å². The molecule has 0 aromatic heterocycles. The summed E-state index contributed by atoms with van der Waals surface area (Å²) >= 11 is 0. The number of aryl methyl sites for hydroxylation is 1. The molecule has 0 bridgehead atoms. The molecule has 1 fully saturated rings. The van der Waals surface area contributed by atoms with Gasteiger partial charge in [-0.25, -0.2) is 0 Å². The Labute approximate surface area is 110 Å². The first kappa shape index (κ1) is 11.8. The molecule has 0 aliphatic carbocycles. The lowest BCUT2D eigenvalue weighted by Crippen LogP contribution is -2.60. The lowest BCUT2D eigenvalue weighted by molar-refractivity contribution is 0.448. The summed E-state index contributed by atoms with van der Waals surface area (Å²) in [4.78, 5) is 5.16. The molecule has 2 aliphatic heterocycles.